The molecule has 0 fully saturated rings. The fourth-order valence-corrected chi connectivity index (χ4v) is 1.59. The van der Waals surface area contributed by atoms with Crippen LogP contribution in [-0.2, 0) is 4.79 Å². The zero-order valence-corrected chi connectivity index (χ0v) is 8.12. The summed E-state index contributed by atoms with van der Waals surface area (Å²) in [6.07, 6.45) is 1.70. The molecule has 13 heavy (non-hydrogen) atoms. The second-order valence-corrected chi connectivity index (χ2v) is 3.76. The Labute approximate surface area is 81.2 Å². The van der Waals surface area contributed by atoms with Crippen molar-refractivity contribution in [2.24, 2.45) is 5.92 Å². The lowest BCUT2D eigenvalue weighted by atomic mass is 10.2. The van der Waals surface area contributed by atoms with E-state index >= 15 is 0 Å². The van der Waals surface area contributed by atoms with Crippen LogP contribution in [-0.4, -0.2) is 21.8 Å². The van der Waals surface area contributed by atoms with Gasteiger partial charge in [0.05, 0.1) is 10.9 Å². The third kappa shape index (κ3) is 3.46. The van der Waals surface area contributed by atoms with E-state index in [1.165, 1.54) is 11.8 Å². The van der Waals surface area contributed by atoms with Crippen molar-refractivity contribution >= 4 is 17.7 Å². The van der Waals surface area contributed by atoms with E-state index in [0.717, 1.165) is 5.03 Å². The van der Waals surface area contributed by atoms with Gasteiger partial charge in [-0.05, 0) is 12.1 Å². The van der Waals surface area contributed by atoms with Crippen LogP contribution in [0, 0.1) is 5.92 Å². The standard InChI is InChI=1S/C9H11NO2S/c1-7(9(11)12)6-13-8-4-2-3-5-10-8/h2-5,7H,6H2,1H3,(H,11,12)/t7-/m1/s1. The van der Waals surface area contributed by atoms with Crippen LogP contribution in [0.2, 0.25) is 0 Å². The number of nitrogens with zero attached hydrogens (tertiary/aromatic N) is 1. The summed E-state index contributed by atoms with van der Waals surface area (Å²) in [6, 6.07) is 5.60. The lowest BCUT2D eigenvalue weighted by molar-refractivity contribution is -0.140. The first-order chi connectivity index (χ1) is 6.20. The van der Waals surface area contributed by atoms with Crippen LogP contribution < -0.4 is 0 Å². The number of hydrogen-bond acceptors (Lipinski definition) is 3. The van der Waals surface area contributed by atoms with Crippen molar-refractivity contribution in [2.75, 3.05) is 5.75 Å². The molecule has 1 rings (SSSR count). The predicted molar refractivity (Wildman–Crippen MR) is 51.8 cm³/mol. The van der Waals surface area contributed by atoms with Gasteiger partial charge >= 0.3 is 5.97 Å². The van der Waals surface area contributed by atoms with Crippen LogP contribution >= 0.6 is 11.8 Å². The summed E-state index contributed by atoms with van der Waals surface area (Å²) < 4.78 is 0. The van der Waals surface area contributed by atoms with Crippen molar-refractivity contribution in [3.8, 4) is 0 Å². The van der Waals surface area contributed by atoms with Crippen molar-refractivity contribution in [3.63, 3.8) is 0 Å². The average molecular weight is 197 g/mol. The third-order valence-corrected chi connectivity index (χ3v) is 2.74. The third-order valence-electron chi connectivity index (χ3n) is 1.54. The first-order valence-electron chi connectivity index (χ1n) is 3.97. The van der Waals surface area contributed by atoms with Crippen LogP contribution in [0.15, 0.2) is 29.4 Å². The van der Waals surface area contributed by atoms with Crippen molar-refractivity contribution in [3.05, 3.63) is 24.4 Å². The summed E-state index contributed by atoms with van der Waals surface area (Å²) >= 11 is 1.46. The van der Waals surface area contributed by atoms with Crippen LogP contribution in [0.4, 0.5) is 0 Å². The molecule has 1 aromatic heterocycles. The molecule has 0 amide bonds. The normalized spacial score (nSPS) is 12.4. The molecule has 4 heteroatoms. The molecule has 1 N–H and O–H groups in total. The number of pyridine rings is 1. The van der Waals surface area contributed by atoms with E-state index in [2.05, 4.69) is 4.98 Å². The number of rotatable bonds is 4. The molecule has 0 aliphatic rings. The molecule has 0 aliphatic carbocycles. The summed E-state index contributed by atoms with van der Waals surface area (Å²) in [7, 11) is 0. The van der Waals surface area contributed by atoms with Gasteiger partial charge in [0, 0.05) is 11.9 Å². The van der Waals surface area contributed by atoms with E-state index in [1.54, 1.807) is 13.1 Å². The van der Waals surface area contributed by atoms with Crippen LogP contribution in [0.3, 0.4) is 0 Å². The van der Waals surface area contributed by atoms with Gasteiger partial charge in [0.1, 0.15) is 0 Å². The Morgan fingerprint density at radius 1 is 1.69 bits per heavy atom. The van der Waals surface area contributed by atoms with Gasteiger partial charge in [0.25, 0.3) is 0 Å². The Morgan fingerprint density at radius 2 is 2.46 bits per heavy atom. The highest BCUT2D eigenvalue weighted by molar-refractivity contribution is 7.99. The molecule has 0 bridgehead atoms. The highest BCUT2D eigenvalue weighted by Gasteiger charge is 2.10. The number of carbonyl (C=O) groups is 1. The highest BCUT2D eigenvalue weighted by atomic mass is 32.2. The molecule has 0 aromatic carbocycles. The average Bonchev–Trinajstić information content (AvgIpc) is 2.15. The topological polar surface area (TPSA) is 50.2 Å². The number of carboxylic acid groups (broad SMARTS) is 1. The smallest absolute Gasteiger partial charge is 0.307 e. The lowest BCUT2D eigenvalue weighted by Gasteiger charge is -2.03. The summed E-state index contributed by atoms with van der Waals surface area (Å²) in [6.45, 7) is 1.69. The van der Waals surface area contributed by atoms with Gasteiger partial charge in [-0.25, -0.2) is 4.98 Å². The minimum atomic E-state index is -0.761. The predicted octanol–water partition coefficient (Wildman–Crippen LogP) is 1.89. The fraction of sp³-hybridized carbons (Fsp3) is 0.333. The Bertz CT molecular complexity index is 276. The van der Waals surface area contributed by atoms with Crippen LogP contribution in [0.25, 0.3) is 0 Å². The van der Waals surface area contributed by atoms with Gasteiger partial charge in [-0.3, -0.25) is 4.79 Å². The number of carboxylic acids is 1. The fourth-order valence-electron chi connectivity index (χ4n) is 0.714. The molecule has 0 unspecified atom stereocenters. The van der Waals surface area contributed by atoms with E-state index in [0.29, 0.717) is 5.75 Å². The Morgan fingerprint density at radius 3 is 3.00 bits per heavy atom. The summed E-state index contributed by atoms with van der Waals surface area (Å²) in [5.41, 5.74) is 0. The number of thioether (sulfide) groups is 1. The van der Waals surface area contributed by atoms with E-state index in [1.807, 2.05) is 18.2 Å². The van der Waals surface area contributed by atoms with E-state index in [9.17, 15) is 4.79 Å². The van der Waals surface area contributed by atoms with Crippen molar-refractivity contribution < 1.29 is 9.90 Å². The van der Waals surface area contributed by atoms with E-state index in [4.69, 9.17) is 5.11 Å². The van der Waals surface area contributed by atoms with E-state index < -0.39 is 5.97 Å². The van der Waals surface area contributed by atoms with Gasteiger partial charge in [0.2, 0.25) is 0 Å². The molecular weight excluding hydrogens is 186 g/mol. The minimum absolute atomic E-state index is 0.327. The highest BCUT2D eigenvalue weighted by Crippen LogP contribution is 2.17. The maximum absolute atomic E-state index is 10.5. The molecular formula is C9H11NO2S. The summed E-state index contributed by atoms with van der Waals surface area (Å²) in [5, 5.41) is 9.50. The summed E-state index contributed by atoms with van der Waals surface area (Å²) in [5.74, 6) is -0.526. The molecule has 0 radical (unpaired) electrons. The molecule has 0 saturated heterocycles. The molecule has 1 aromatic rings. The quantitative estimate of drug-likeness (QED) is 0.749. The molecule has 3 nitrogen and oxygen atoms in total. The van der Waals surface area contributed by atoms with Crippen LogP contribution in [0.5, 0.6) is 0 Å². The minimum Gasteiger partial charge on any atom is -0.481 e. The molecule has 1 heterocycles. The zero-order valence-electron chi connectivity index (χ0n) is 7.30. The Kier molecular flexibility index (Phi) is 3.76. The van der Waals surface area contributed by atoms with Gasteiger partial charge in [-0.1, -0.05) is 13.0 Å². The maximum Gasteiger partial charge on any atom is 0.307 e. The number of aliphatic carboxylic acids is 1. The Balaban J connectivity index is 2.39. The molecule has 1 atom stereocenters. The second kappa shape index (κ2) is 4.87. The van der Waals surface area contributed by atoms with Gasteiger partial charge in [-0.2, -0.15) is 0 Å². The van der Waals surface area contributed by atoms with Crippen molar-refractivity contribution in [1.29, 1.82) is 0 Å². The monoisotopic (exact) mass is 197 g/mol. The van der Waals surface area contributed by atoms with Gasteiger partial charge in [0.15, 0.2) is 0 Å². The molecule has 0 saturated carbocycles. The first-order valence-corrected chi connectivity index (χ1v) is 4.95. The Hall–Kier alpha value is -1.03. The first kappa shape index (κ1) is 10.1. The second-order valence-electron chi connectivity index (χ2n) is 2.72. The SMILES string of the molecule is C[C@H](CSc1ccccn1)C(=O)O. The molecule has 0 spiro atoms. The maximum atomic E-state index is 10.5. The largest absolute Gasteiger partial charge is 0.481 e. The number of hydrogen-bond donors (Lipinski definition) is 1. The van der Waals surface area contributed by atoms with Crippen molar-refractivity contribution in [1.82, 2.24) is 4.98 Å². The molecule has 0 aliphatic heterocycles. The molecule has 70 valence electrons. The zero-order chi connectivity index (χ0) is 9.68. The van der Waals surface area contributed by atoms with E-state index in [-0.39, 0.29) is 5.92 Å². The lowest BCUT2D eigenvalue weighted by Crippen LogP contribution is -2.11. The number of aromatic nitrogens is 1. The van der Waals surface area contributed by atoms with Crippen molar-refractivity contribution in [2.45, 2.75) is 11.9 Å². The summed E-state index contributed by atoms with van der Waals surface area (Å²) in [4.78, 5) is 14.6. The van der Waals surface area contributed by atoms with Gasteiger partial charge < -0.3 is 5.11 Å². The van der Waals surface area contributed by atoms with Gasteiger partial charge in [-0.15, -0.1) is 11.8 Å². The van der Waals surface area contributed by atoms with Crippen LogP contribution in [0.1, 0.15) is 6.92 Å².